The maximum atomic E-state index is 12.3. The van der Waals surface area contributed by atoms with Gasteiger partial charge < -0.3 is 14.2 Å². The molecule has 0 saturated carbocycles. The third kappa shape index (κ3) is 3.45. The van der Waals surface area contributed by atoms with Crippen LogP contribution >= 0.6 is 0 Å². The van der Waals surface area contributed by atoms with Crippen LogP contribution in [0.25, 0.3) is 0 Å². The average Bonchev–Trinajstić information content (AvgIpc) is 3.18. The summed E-state index contributed by atoms with van der Waals surface area (Å²) in [7, 11) is 0. The number of aromatic nitrogens is 1. The van der Waals surface area contributed by atoms with E-state index in [0.29, 0.717) is 35.7 Å². The summed E-state index contributed by atoms with van der Waals surface area (Å²) in [5.41, 5.74) is 1.74. The summed E-state index contributed by atoms with van der Waals surface area (Å²) < 4.78 is 10.00. The molecule has 1 fully saturated rings. The normalized spacial score (nSPS) is 14.0. The number of rotatable bonds is 5. The summed E-state index contributed by atoms with van der Waals surface area (Å²) >= 11 is 0. The number of hydrogen-bond acceptors (Lipinski definition) is 6. The SMILES string of the molecule is Cc1noc(C)c1C(=O)OCC(=O)c1cccc(N2CCCC2=O)c1. The smallest absolute Gasteiger partial charge is 0.344 e. The Kier molecular flexibility index (Phi) is 4.65. The molecule has 3 rings (SSSR count). The second-order valence-electron chi connectivity index (χ2n) is 5.90. The number of carbonyl (C=O) groups excluding carboxylic acids is 3. The Labute approximate surface area is 144 Å². The molecule has 1 aromatic heterocycles. The van der Waals surface area contributed by atoms with E-state index in [-0.39, 0.29) is 23.9 Å². The molecule has 1 saturated heterocycles. The topological polar surface area (TPSA) is 89.7 Å². The number of anilines is 1. The molecule has 25 heavy (non-hydrogen) atoms. The van der Waals surface area contributed by atoms with E-state index >= 15 is 0 Å². The van der Waals surface area contributed by atoms with Gasteiger partial charge in [0.05, 0.1) is 5.69 Å². The molecule has 2 aromatic rings. The number of amides is 1. The molecule has 1 amide bonds. The fourth-order valence-electron chi connectivity index (χ4n) is 2.83. The van der Waals surface area contributed by atoms with Crippen LogP contribution in [-0.4, -0.2) is 36.0 Å². The Morgan fingerprint density at radius 2 is 2.12 bits per heavy atom. The molecule has 1 aromatic carbocycles. The van der Waals surface area contributed by atoms with Crippen LogP contribution in [0, 0.1) is 13.8 Å². The summed E-state index contributed by atoms with van der Waals surface area (Å²) in [6.07, 6.45) is 1.33. The second-order valence-corrected chi connectivity index (χ2v) is 5.90. The van der Waals surface area contributed by atoms with Gasteiger partial charge in [-0.3, -0.25) is 9.59 Å². The standard InChI is InChI=1S/C18H18N2O5/c1-11-17(12(2)25-19-11)18(23)24-10-15(21)13-5-3-6-14(9-13)20-8-4-7-16(20)22/h3,5-6,9H,4,7-8,10H2,1-2H3. The molecule has 0 bridgehead atoms. The first kappa shape index (κ1) is 16.9. The van der Waals surface area contributed by atoms with Crippen LogP contribution < -0.4 is 4.90 Å². The van der Waals surface area contributed by atoms with E-state index in [2.05, 4.69) is 5.16 Å². The highest BCUT2D eigenvalue weighted by atomic mass is 16.5. The van der Waals surface area contributed by atoms with Crippen LogP contribution in [0.2, 0.25) is 0 Å². The van der Waals surface area contributed by atoms with Gasteiger partial charge in [-0.05, 0) is 32.4 Å². The highest BCUT2D eigenvalue weighted by Crippen LogP contribution is 2.22. The maximum Gasteiger partial charge on any atom is 0.344 e. The molecular weight excluding hydrogens is 324 g/mol. The van der Waals surface area contributed by atoms with E-state index in [1.54, 1.807) is 43.0 Å². The number of ketones is 1. The zero-order chi connectivity index (χ0) is 18.0. The molecule has 0 spiro atoms. The quantitative estimate of drug-likeness (QED) is 0.612. The lowest BCUT2D eigenvalue weighted by Gasteiger charge is -2.16. The van der Waals surface area contributed by atoms with E-state index in [0.717, 1.165) is 6.42 Å². The Hall–Kier alpha value is -2.96. The van der Waals surface area contributed by atoms with Gasteiger partial charge >= 0.3 is 5.97 Å². The van der Waals surface area contributed by atoms with Crippen molar-refractivity contribution in [1.29, 1.82) is 0 Å². The van der Waals surface area contributed by atoms with Gasteiger partial charge in [0.1, 0.15) is 11.3 Å². The maximum absolute atomic E-state index is 12.3. The lowest BCUT2D eigenvalue weighted by atomic mass is 10.1. The van der Waals surface area contributed by atoms with Crippen molar-refractivity contribution in [3.8, 4) is 0 Å². The first-order valence-corrected chi connectivity index (χ1v) is 8.01. The Morgan fingerprint density at radius 3 is 2.76 bits per heavy atom. The van der Waals surface area contributed by atoms with Gasteiger partial charge in [-0.2, -0.15) is 0 Å². The van der Waals surface area contributed by atoms with Gasteiger partial charge in [0.25, 0.3) is 0 Å². The molecule has 1 aliphatic heterocycles. The van der Waals surface area contributed by atoms with Gasteiger partial charge in [0, 0.05) is 24.2 Å². The summed E-state index contributed by atoms with van der Waals surface area (Å²) in [5, 5.41) is 3.69. The summed E-state index contributed by atoms with van der Waals surface area (Å²) in [6, 6.07) is 6.78. The predicted octanol–water partition coefficient (Wildman–Crippen LogP) is 2.46. The summed E-state index contributed by atoms with van der Waals surface area (Å²) in [5.74, 6) is -0.581. The summed E-state index contributed by atoms with van der Waals surface area (Å²) in [6.45, 7) is 3.50. The number of nitrogens with zero attached hydrogens (tertiary/aromatic N) is 2. The van der Waals surface area contributed by atoms with Crippen molar-refractivity contribution < 1.29 is 23.6 Å². The first-order valence-electron chi connectivity index (χ1n) is 8.01. The zero-order valence-electron chi connectivity index (χ0n) is 14.1. The van der Waals surface area contributed by atoms with Crippen LogP contribution in [0.5, 0.6) is 0 Å². The number of Topliss-reactive ketones (excluding diaryl/α,β-unsaturated/α-hetero) is 1. The number of carbonyl (C=O) groups is 3. The van der Waals surface area contributed by atoms with Crippen LogP contribution in [0.15, 0.2) is 28.8 Å². The average molecular weight is 342 g/mol. The van der Waals surface area contributed by atoms with Gasteiger partial charge in [0.15, 0.2) is 12.4 Å². The van der Waals surface area contributed by atoms with E-state index in [1.807, 2.05) is 0 Å². The first-order chi connectivity index (χ1) is 12.0. The number of esters is 1. The molecular formula is C18H18N2O5. The Morgan fingerprint density at radius 1 is 1.32 bits per heavy atom. The van der Waals surface area contributed by atoms with Crippen LogP contribution in [-0.2, 0) is 9.53 Å². The molecule has 2 heterocycles. The third-order valence-corrected chi connectivity index (χ3v) is 4.13. The number of benzene rings is 1. The number of aryl methyl sites for hydroxylation is 2. The second kappa shape index (κ2) is 6.88. The molecule has 1 aliphatic rings. The van der Waals surface area contributed by atoms with Gasteiger partial charge in [-0.1, -0.05) is 17.3 Å². The van der Waals surface area contributed by atoms with Crippen LogP contribution in [0.1, 0.15) is 45.0 Å². The lowest BCUT2D eigenvalue weighted by molar-refractivity contribution is -0.117. The van der Waals surface area contributed by atoms with Crippen molar-refractivity contribution in [2.75, 3.05) is 18.1 Å². The minimum Gasteiger partial charge on any atom is -0.454 e. The highest BCUT2D eigenvalue weighted by molar-refractivity contribution is 6.02. The lowest BCUT2D eigenvalue weighted by Crippen LogP contribution is -2.24. The number of ether oxygens (including phenoxy) is 1. The van der Waals surface area contributed by atoms with Gasteiger partial charge in [0.2, 0.25) is 5.91 Å². The van der Waals surface area contributed by atoms with Crippen LogP contribution in [0.4, 0.5) is 5.69 Å². The van der Waals surface area contributed by atoms with E-state index in [9.17, 15) is 14.4 Å². The van der Waals surface area contributed by atoms with Crippen LogP contribution in [0.3, 0.4) is 0 Å². The third-order valence-electron chi connectivity index (χ3n) is 4.13. The van der Waals surface area contributed by atoms with Crippen molar-refractivity contribution in [2.24, 2.45) is 0 Å². The molecule has 7 nitrogen and oxygen atoms in total. The zero-order valence-corrected chi connectivity index (χ0v) is 14.1. The molecule has 0 aliphatic carbocycles. The summed E-state index contributed by atoms with van der Waals surface area (Å²) in [4.78, 5) is 37.9. The van der Waals surface area contributed by atoms with E-state index in [4.69, 9.17) is 9.26 Å². The predicted molar refractivity (Wildman–Crippen MR) is 88.6 cm³/mol. The van der Waals surface area contributed by atoms with Gasteiger partial charge in [-0.15, -0.1) is 0 Å². The minimum atomic E-state index is -0.643. The van der Waals surface area contributed by atoms with Crippen molar-refractivity contribution in [1.82, 2.24) is 5.16 Å². The van der Waals surface area contributed by atoms with Crippen molar-refractivity contribution in [3.63, 3.8) is 0 Å². The molecule has 130 valence electrons. The molecule has 0 atom stereocenters. The highest BCUT2D eigenvalue weighted by Gasteiger charge is 2.23. The Bertz CT molecular complexity index is 820. The van der Waals surface area contributed by atoms with Crippen molar-refractivity contribution in [2.45, 2.75) is 26.7 Å². The Balaban J connectivity index is 1.67. The monoisotopic (exact) mass is 342 g/mol. The molecule has 0 unspecified atom stereocenters. The molecule has 7 heteroatoms. The largest absolute Gasteiger partial charge is 0.454 e. The molecule has 0 radical (unpaired) electrons. The number of hydrogen-bond donors (Lipinski definition) is 0. The van der Waals surface area contributed by atoms with E-state index in [1.165, 1.54) is 0 Å². The van der Waals surface area contributed by atoms with E-state index < -0.39 is 5.97 Å². The van der Waals surface area contributed by atoms with Crippen molar-refractivity contribution >= 4 is 23.3 Å². The fourth-order valence-corrected chi connectivity index (χ4v) is 2.83. The van der Waals surface area contributed by atoms with Gasteiger partial charge in [-0.25, -0.2) is 4.79 Å². The fraction of sp³-hybridized carbons (Fsp3) is 0.333. The molecule has 0 N–H and O–H groups in total. The van der Waals surface area contributed by atoms with Crippen molar-refractivity contribution in [3.05, 3.63) is 46.8 Å². The minimum absolute atomic E-state index is 0.0504.